The van der Waals surface area contributed by atoms with Crippen LogP contribution in [0.4, 0.5) is 0 Å². The van der Waals surface area contributed by atoms with Crippen molar-refractivity contribution in [2.45, 2.75) is 64.8 Å². The Morgan fingerprint density at radius 1 is 1.29 bits per heavy atom. The van der Waals surface area contributed by atoms with Crippen molar-refractivity contribution in [1.82, 2.24) is 10.1 Å². The molecule has 0 amide bonds. The topological polar surface area (TPSA) is 64.9 Å². The molecule has 1 aromatic heterocycles. The average Bonchev–Trinajstić information content (AvgIpc) is 2.83. The summed E-state index contributed by atoms with van der Waals surface area (Å²) in [6, 6.07) is 0. The molecule has 2 N–H and O–H groups in total. The lowest BCUT2D eigenvalue weighted by Crippen LogP contribution is -2.34. The van der Waals surface area contributed by atoms with Gasteiger partial charge >= 0.3 is 0 Å². The molecule has 0 radical (unpaired) electrons. The van der Waals surface area contributed by atoms with Gasteiger partial charge in [-0.25, -0.2) is 0 Å². The van der Waals surface area contributed by atoms with Gasteiger partial charge in [0.25, 0.3) is 0 Å². The van der Waals surface area contributed by atoms with Crippen LogP contribution in [0.2, 0.25) is 0 Å². The molecular weight excluding hydrogens is 214 g/mol. The zero-order valence-corrected chi connectivity index (χ0v) is 11.1. The van der Waals surface area contributed by atoms with E-state index in [1.807, 2.05) is 0 Å². The van der Waals surface area contributed by atoms with Crippen molar-refractivity contribution in [2.24, 2.45) is 11.1 Å². The molecule has 0 atom stereocenters. The van der Waals surface area contributed by atoms with Gasteiger partial charge in [-0.05, 0) is 24.7 Å². The van der Waals surface area contributed by atoms with Crippen LogP contribution in [0.1, 0.15) is 64.6 Å². The molecule has 17 heavy (non-hydrogen) atoms. The SMILES string of the molecule is CC(C)(C)CCc1nc(C2(N)CCCC2)no1. The Morgan fingerprint density at radius 3 is 2.53 bits per heavy atom. The van der Waals surface area contributed by atoms with Crippen molar-refractivity contribution in [1.29, 1.82) is 0 Å². The van der Waals surface area contributed by atoms with E-state index >= 15 is 0 Å². The maximum absolute atomic E-state index is 6.29. The fourth-order valence-electron chi connectivity index (χ4n) is 2.27. The Hall–Kier alpha value is -0.900. The first-order valence-corrected chi connectivity index (χ1v) is 6.51. The van der Waals surface area contributed by atoms with Crippen LogP contribution < -0.4 is 5.73 Å². The van der Waals surface area contributed by atoms with Crippen LogP contribution >= 0.6 is 0 Å². The molecule has 96 valence electrons. The molecule has 1 aliphatic carbocycles. The predicted molar refractivity (Wildman–Crippen MR) is 66.4 cm³/mol. The largest absolute Gasteiger partial charge is 0.339 e. The number of aryl methyl sites for hydroxylation is 1. The average molecular weight is 237 g/mol. The number of hydrogen-bond donors (Lipinski definition) is 1. The Bertz CT molecular complexity index is 372. The van der Waals surface area contributed by atoms with E-state index in [1.54, 1.807) is 0 Å². The second-order valence-electron chi connectivity index (χ2n) is 6.44. The molecule has 0 unspecified atom stereocenters. The second kappa shape index (κ2) is 4.41. The first-order chi connectivity index (χ1) is 7.89. The summed E-state index contributed by atoms with van der Waals surface area (Å²) in [6.07, 6.45) is 6.18. The number of nitrogens with zero attached hydrogens (tertiary/aromatic N) is 2. The fourth-order valence-corrected chi connectivity index (χ4v) is 2.27. The number of aromatic nitrogens is 2. The standard InChI is InChI=1S/C13H23N3O/c1-12(2,3)9-6-10-15-11(16-17-10)13(14)7-4-5-8-13/h4-9,14H2,1-3H3. The third-order valence-electron chi connectivity index (χ3n) is 3.50. The summed E-state index contributed by atoms with van der Waals surface area (Å²) in [5.41, 5.74) is 6.25. The molecule has 4 nitrogen and oxygen atoms in total. The molecule has 0 aromatic carbocycles. The molecule has 0 spiro atoms. The molecule has 1 aromatic rings. The Kier molecular flexibility index (Phi) is 3.25. The predicted octanol–water partition coefficient (Wildman–Crippen LogP) is 2.78. The van der Waals surface area contributed by atoms with Crippen molar-refractivity contribution < 1.29 is 4.52 Å². The summed E-state index contributed by atoms with van der Waals surface area (Å²) in [5, 5.41) is 4.06. The molecular formula is C13H23N3O. The van der Waals surface area contributed by atoms with Gasteiger partial charge in [-0.15, -0.1) is 0 Å². The lowest BCUT2D eigenvalue weighted by atomic mass is 9.90. The maximum atomic E-state index is 6.29. The highest BCUT2D eigenvalue weighted by atomic mass is 16.5. The molecule has 1 saturated carbocycles. The highest BCUT2D eigenvalue weighted by Gasteiger charge is 2.35. The lowest BCUT2D eigenvalue weighted by molar-refractivity contribution is 0.319. The van der Waals surface area contributed by atoms with E-state index in [9.17, 15) is 0 Å². The highest BCUT2D eigenvalue weighted by Crippen LogP contribution is 2.34. The highest BCUT2D eigenvalue weighted by molar-refractivity contribution is 5.06. The van der Waals surface area contributed by atoms with E-state index in [4.69, 9.17) is 10.3 Å². The van der Waals surface area contributed by atoms with Gasteiger partial charge in [-0.1, -0.05) is 38.8 Å². The van der Waals surface area contributed by atoms with Gasteiger partial charge in [0.1, 0.15) is 0 Å². The van der Waals surface area contributed by atoms with Crippen molar-refractivity contribution in [2.75, 3.05) is 0 Å². The van der Waals surface area contributed by atoms with Crippen LogP contribution in [0.15, 0.2) is 4.52 Å². The third-order valence-corrected chi connectivity index (χ3v) is 3.50. The summed E-state index contributed by atoms with van der Waals surface area (Å²) < 4.78 is 5.30. The van der Waals surface area contributed by atoms with Crippen LogP contribution in [0, 0.1) is 5.41 Å². The molecule has 1 heterocycles. The van der Waals surface area contributed by atoms with Crippen molar-refractivity contribution in [3.8, 4) is 0 Å². The third kappa shape index (κ3) is 3.06. The zero-order chi connectivity index (χ0) is 12.5. The van der Waals surface area contributed by atoms with E-state index in [1.165, 1.54) is 12.8 Å². The first kappa shape index (κ1) is 12.6. The number of nitrogens with two attached hydrogens (primary N) is 1. The monoisotopic (exact) mass is 237 g/mol. The molecule has 1 fully saturated rings. The molecule has 4 heteroatoms. The van der Waals surface area contributed by atoms with Crippen LogP contribution in [-0.2, 0) is 12.0 Å². The maximum Gasteiger partial charge on any atom is 0.226 e. The van der Waals surface area contributed by atoms with Gasteiger partial charge < -0.3 is 10.3 Å². The summed E-state index contributed by atoms with van der Waals surface area (Å²) in [4.78, 5) is 4.46. The summed E-state index contributed by atoms with van der Waals surface area (Å²) >= 11 is 0. The van der Waals surface area contributed by atoms with E-state index in [0.29, 0.717) is 11.2 Å². The molecule has 1 aliphatic rings. The van der Waals surface area contributed by atoms with Crippen molar-refractivity contribution >= 4 is 0 Å². The Labute approximate surface area is 103 Å². The molecule has 0 bridgehead atoms. The van der Waals surface area contributed by atoms with Crippen molar-refractivity contribution in [3.05, 3.63) is 11.7 Å². The summed E-state index contributed by atoms with van der Waals surface area (Å²) in [5.74, 6) is 1.44. The Balaban J connectivity index is 2.01. The van der Waals surface area contributed by atoms with E-state index in [2.05, 4.69) is 30.9 Å². The quantitative estimate of drug-likeness (QED) is 0.878. The number of hydrogen-bond acceptors (Lipinski definition) is 4. The van der Waals surface area contributed by atoms with Gasteiger partial charge in [0.2, 0.25) is 5.89 Å². The van der Waals surface area contributed by atoms with E-state index in [-0.39, 0.29) is 5.54 Å². The van der Waals surface area contributed by atoms with Gasteiger partial charge in [-0.2, -0.15) is 4.98 Å². The van der Waals surface area contributed by atoms with E-state index < -0.39 is 0 Å². The van der Waals surface area contributed by atoms with Gasteiger partial charge in [-0.3, -0.25) is 0 Å². The molecule has 2 rings (SSSR count). The van der Waals surface area contributed by atoms with Gasteiger partial charge in [0, 0.05) is 6.42 Å². The normalized spacial score (nSPS) is 19.8. The van der Waals surface area contributed by atoms with Crippen LogP contribution in [-0.4, -0.2) is 10.1 Å². The lowest BCUT2D eigenvalue weighted by Gasteiger charge is -2.18. The van der Waals surface area contributed by atoms with Gasteiger partial charge in [0.05, 0.1) is 5.54 Å². The van der Waals surface area contributed by atoms with Crippen LogP contribution in [0.3, 0.4) is 0 Å². The summed E-state index contributed by atoms with van der Waals surface area (Å²) in [7, 11) is 0. The van der Waals surface area contributed by atoms with E-state index in [0.717, 1.165) is 31.6 Å². The smallest absolute Gasteiger partial charge is 0.226 e. The second-order valence-corrected chi connectivity index (χ2v) is 6.44. The minimum absolute atomic E-state index is 0.294. The number of rotatable bonds is 3. The Morgan fingerprint density at radius 2 is 1.94 bits per heavy atom. The minimum atomic E-state index is -0.330. The fraction of sp³-hybridized carbons (Fsp3) is 0.846. The van der Waals surface area contributed by atoms with Crippen molar-refractivity contribution in [3.63, 3.8) is 0 Å². The first-order valence-electron chi connectivity index (χ1n) is 6.51. The van der Waals surface area contributed by atoms with Crippen LogP contribution in [0.25, 0.3) is 0 Å². The van der Waals surface area contributed by atoms with Gasteiger partial charge in [0.15, 0.2) is 5.82 Å². The minimum Gasteiger partial charge on any atom is -0.339 e. The van der Waals surface area contributed by atoms with Crippen LogP contribution in [0.5, 0.6) is 0 Å². The molecule has 0 saturated heterocycles. The molecule has 0 aliphatic heterocycles. The zero-order valence-electron chi connectivity index (χ0n) is 11.1. The summed E-state index contributed by atoms with van der Waals surface area (Å²) in [6.45, 7) is 6.64.